The van der Waals surface area contributed by atoms with E-state index in [2.05, 4.69) is 10.5 Å². The second-order valence-electron chi connectivity index (χ2n) is 6.14. The molecule has 0 spiro atoms. The molecule has 0 atom stereocenters. The summed E-state index contributed by atoms with van der Waals surface area (Å²) in [5.41, 5.74) is 0.743. The minimum absolute atomic E-state index is 0.0529. The van der Waals surface area contributed by atoms with E-state index in [0.29, 0.717) is 37.8 Å². The summed E-state index contributed by atoms with van der Waals surface area (Å²) in [5.74, 6) is 0.996. The molecule has 0 aliphatic carbocycles. The van der Waals surface area contributed by atoms with Crippen molar-refractivity contribution in [3.8, 4) is 0 Å². The van der Waals surface area contributed by atoms with Gasteiger partial charge in [-0.3, -0.25) is 14.5 Å². The molecule has 1 saturated heterocycles. The van der Waals surface area contributed by atoms with E-state index in [0.717, 1.165) is 10.5 Å². The van der Waals surface area contributed by atoms with Gasteiger partial charge in [-0.15, -0.1) is 11.8 Å². The van der Waals surface area contributed by atoms with Gasteiger partial charge in [0.2, 0.25) is 5.91 Å². The van der Waals surface area contributed by atoms with Crippen LogP contribution in [-0.2, 0) is 4.79 Å². The number of rotatable bonds is 5. The Hall–Kier alpha value is -2.32. The first-order valence-electron chi connectivity index (χ1n) is 8.44. The maximum Gasteiger partial charge on any atom is 0.255 e. The van der Waals surface area contributed by atoms with Crippen molar-refractivity contribution in [2.24, 2.45) is 0 Å². The molecule has 1 fully saturated rings. The van der Waals surface area contributed by atoms with Crippen molar-refractivity contribution in [3.05, 3.63) is 41.7 Å². The van der Waals surface area contributed by atoms with Gasteiger partial charge in [0.05, 0.1) is 12.1 Å². The standard InChI is InChI=1S/C18H22N4O3S/c1-13-11-16(20-25-13)19-17(23)12-21-7-9-22(10-8-21)18(24)14-5-3-4-6-15(14)26-2/h3-6,11H,7-10,12H2,1-2H3,(H,19,20,23). The number of nitrogens with one attached hydrogen (secondary N) is 1. The highest BCUT2D eigenvalue weighted by Gasteiger charge is 2.24. The van der Waals surface area contributed by atoms with Crippen molar-refractivity contribution >= 4 is 29.4 Å². The second-order valence-corrected chi connectivity index (χ2v) is 6.99. The van der Waals surface area contributed by atoms with E-state index in [4.69, 9.17) is 4.52 Å². The topological polar surface area (TPSA) is 78.7 Å². The molecule has 1 aromatic carbocycles. The van der Waals surface area contributed by atoms with Gasteiger partial charge in [-0.05, 0) is 25.3 Å². The Bertz CT molecular complexity index is 784. The number of anilines is 1. The van der Waals surface area contributed by atoms with Gasteiger partial charge < -0.3 is 14.7 Å². The molecule has 1 aliphatic heterocycles. The molecule has 7 nitrogen and oxygen atoms in total. The Morgan fingerprint density at radius 1 is 1.23 bits per heavy atom. The Labute approximate surface area is 156 Å². The fourth-order valence-electron chi connectivity index (χ4n) is 2.91. The fraction of sp³-hybridized carbons (Fsp3) is 0.389. The Morgan fingerprint density at radius 3 is 2.62 bits per heavy atom. The SMILES string of the molecule is CSc1ccccc1C(=O)N1CCN(CC(=O)Nc2cc(C)on2)CC1. The lowest BCUT2D eigenvalue weighted by Gasteiger charge is -2.34. The highest BCUT2D eigenvalue weighted by Crippen LogP contribution is 2.22. The number of piperazine rings is 1. The zero-order valence-electron chi connectivity index (χ0n) is 14.9. The summed E-state index contributed by atoms with van der Waals surface area (Å²) >= 11 is 1.57. The molecule has 138 valence electrons. The van der Waals surface area contributed by atoms with Crippen molar-refractivity contribution in [2.75, 3.05) is 44.3 Å². The van der Waals surface area contributed by atoms with Crippen molar-refractivity contribution in [1.29, 1.82) is 0 Å². The van der Waals surface area contributed by atoms with Gasteiger partial charge in [0, 0.05) is 37.1 Å². The van der Waals surface area contributed by atoms with Crippen molar-refractivity contribution < 1.29 is 14.1 Å². The van der Waals surface area contributed by atoms with Gasteiger partial charge in [0.1, 0.15) is 5.76 Å². The summed E-state index contributed by atoms with van der Waals surface area (Å²) in [6.07, 6.45) is 1.97. The molecule has 1 aromatic heterocycles. The lowest BCUT2D eigenvalue weighted by atomic mass is 10.2. The number of hydrogen-bond donors (Lipinski definition) is 1. The van der Waals surface area contributed by atoms with Crippen LogP contribution in [0.2, 0.25) is 0 Å². The third kappa shape index (κ3) is 4.44. The molecule has 0 radical (unpaired) electrons. The Balaban J connectivity index is 1.51. The van der Waals surface area contributed by atoms with E-state index in [9.17, 15) is 9.59 Å². The number of nitrogens with zero attached hydrogens (tertiary/aromatic N) is 3. The normalized spacial score (nSPS) is 15.1. The first-order valence-corrected chi connectivity index (χ1v) is 9.67. The summed E-state index contributed by atoms with van der Waals surface area (Å²) in [7, 11) is 0. The molecule has 2 amide bonds. The largest absolute Gasteiger partial charge is 0.360 e. The molecular formula is C18H22N4O3S. The van der Waals surface area contributed by atoms with Crippen molar-refractivity contribution in [1.82, 2.24) is 15.0 Å². The predicted octanol–water partition coefficient (Wildman–Crippen LogP) is 2.10. The summed E-state index contributed by atoms with van der Waals surface area (Å²) in [4.78, 5) is 29.7. The van der Waals surface area contributed by atoms with E-state index >= 15 is 0 Å². The maximum atomic E-state index is 12.7. The van der Waals surface area contributed by atoms with Crippen LogP contribution in [0.15, 0.2) is 39.8 Å². The van der Waals surface area contributed by atoms with E-state index in [-0.39, 0.29) is 18.4 Å². The molecule has 0 saturated carbocycles. The fourth-order valence-corrected chi connectivity index (χ4v) is 3.50. The Kier molecular flexibility index (Phi) is 5.95. The van der Waals surface area contributed by atoms with Crippen LogP contribution in [0.4, 0.5) is 5.82 Å². The highest BCUT2D eigenvalue weighted by molar-refractivity contribution is 7.98. The van der Waals surface area contributed by atoms with Crippen LogP contribution >= 0.6 is 11.8 Å². The van der Waals surface area contributed by atoms with Crippen LogP contribution in [-0.4, -0.2) is 65.8 Å². The third-order valence-electron chi connectivity index (χ3n) is 4.26. The monoisotopic (exact) mass is 374 g/mol. The van der Waals surface area contributed by atoms with Gasteiger partial charge in [-0.1, -0.05) is 17.3 Å². The lowest BCUT2D eigenvalue weighted by Crippen LogP contribution is -2.50. The summed E-state index contributed by atoms with van der Waals surface area (Å²) in [5, 5.41) is 6.47. The molecular weight excluding hydrogens is 352 g/mol. The minimum Gasteiger partial charge on any atom is -0.360 e. The molecule has 0 unspecified atom stereocenters. The average molecular weight is 374 g/mol. The lowest BCUT2D eigenvalue weighted by molar-refractivity contribution is -0.117. The molecule has 2 heterocycles. The smallest absolute Gasteiger partial charge is 0.255 e. The molecule has 3 rings (SSSR count). The third-order valence-corrected chi connectivity index (χ3v) is 5.06. The highest BCUT2D eigenvalue weighted by atomic mass is 32.2. The van der Waals surface area contributed by atoms with E-state index in [1.54, 1.807) is 24.8 Å². The van der Waals surface area contributed by atoms with Crippen molar-refractivity contribution in [3.63, 3.8) is 0 Å². The zero-order chi connectivity index (χ0) is 18.5. The zero-order valence-corrected chi connectivity index (χ0v) is 15.7. The predicted molar refractivity (Wildman–Crippen MR) is 100 cm³/mol. The first-order chi connectivity index (χ1) is 12.6. The van der Waals surface area contributed by atoms with Gasteiger partial charge >= 0.3 is 0 Å². The van der Waals surface area contributed by atoms with Crippen LogP contribution in [0.25, 0.3) is 0 Å². The second kappa shape index (κ2) is 8.37. The molecule has 0 bridgehead atoms. The number of amides is 2. The Morgan fingerprint density at radius 2 is 1.96 bits per heavy atom. The minimum atomic E-state index is -0.134. The van der Waals surface area contributed by atoms with Gasteiger partial charge in [0.15, 0.2) is 5.82 Å². The van der Waals surface area contributed by atoms with E-state index in [1.807, 2.05) is 40.3 Å². The average Bonchev–Trinajstić information content (AvgIpc) is 3.06. The molecule has 26 heavy (non-hydrogen) atoms. The van der Waals surface area contributed by atoms with Gasteiger partial charge in [0.25, 0.3) is 5.91 Å². The van der Waals surface area contributed by atoms with Crippen LogP contribution in [0.3, 0.4) is 0 Å². The number of carbonyl (C=O) groups is 2. The number of benzene rings is 1. The van der Waals surface area contributed by atoms with Crippen LogP contribution in [0.1, 0.15) is 16.1 Å². The van der Waals surface area contributed by atoms with E-state index in [1.165, 1.54) is 0 Å². The van der Waals surface area contributed by atoms with Gasteiger partial charge in [-0.2, -0.15) is 0 Å². The molecule has 2 aromatic rings. The molecule has 1 N–H and O–H groups in total. The summed E-state index contributed by atoms with van der Waals surface area (Å²) in [6, 6.07) is 9.34. The number of hydrogen-bond acceptors (Lipinski definition) is 6. The van der Waals surface area contributed by atoms with Crippen molar-refractivity contribution in [2.45, 2.75) is 11.8 Å². The van der Waals surface area contributed by atoms with E-state index < -0.39 is 0 Å². The van der Waals surface area contributed by atoms with Crippen LogP contribution < -0.4 is 5.32 Å². The molecule has 1 aliphatic rings. The number of carbonyl (C=O) groups excluding carboxylic acids is 2. The number of aromatic nitrogens is 1. The molecule has 8 heteroatoms. The maximum absolute atomic E-state index is 12.7. The van der Waals surface area contributed by atoms with Gasteiger partial charge in [-0.25, -0.2) is 0 Å². The summed E-state index contributed by atoms with van der Waals surface area (Å²) in [6.45, 7) is 4.59. The number of thioether (sulfide) groups is 1. The summed E-state index contributed by atoms with van der Waals surface area (Å²) < 4.78 is 4.93. The number of aryl methyl sites for hydroxylation is 1. The quantitative estimate of drug-likeness (QED) is 0.808. The first kappa shape index (κ1) is 18.5. The van der Waals surface area contributed by atoms with Crippen LogP contribution in [0, 0.1) is 6.92 Å². The van der Waals surface area contributed by atoms with Crippen LogP contribution in [0.5, 0.6) is 0 Å².